The van der Waals surface area contributed by atoms with Gasteiger partial charge in [0.1, 0.15) is 11.5 Å². The Bertz CT molecular complexity index is 1390. The molecule has 2 aromatic carbocycles. The van der Waals surface area contributed by atoms with Gasteiger partial charge in [-0.05, 0) is 66.7 Å². The Balaban J connectivity index is 1.90. The molecule has 0 aromatic heterocycles. The van der Waals surface area contributed by atoms with Crippen molar-refractivity contribution in [2.24, 2.45) is 0 Å². The quantitative estimate of drug-likeness (QED) is 0.0936. The number of alkyl halides is 8. The molecule has 264 valence electrons. The summed E-state index contributed by atoms with van der Waals surface area (Å²) in [6, 6.07) is 8.88. The van der Waals surface area contributed by atoms with E-state index in [-0.39, 0.29) is 22.9 Å². The van der Waals surface area contributed by atoms with E-state index in [1.54, 1.807) is 0 Å². The Labute approximate surface area is 269 Å². The monoisotopic (exact) mass is 682 g/mol. The van der Waals surface area contributed by atoms with Crippen molar-refractivity contribution < 1.29 is 54.6 Å². The maximum atomic E-state index is 13.8. The van der Waals surface area contributed by atoms with Crippen LogP contribution in [0, 0.1) is 0 Å². The Morgan fingerprint density at radius 2 is 1.45 bits per heavy atom. The Morgan fingerprint density at radius 1 is 0.830 bits per heavy atom. The van der Waals surface area contributed by atoms with Gasteiger partial charge in [0.25, 0.3) is 6.17 Å². The molecule has 0 aliphatic heterocycles. The molecule has 0 saturated carbocycles. The number of hydrogen-bond acceptors (Lipinski definition) is 4. The van der Waals surface area contributed by atoms with Crippen LogP contribution in [0.3, 0.4) is 0 Å². The molecule has 0 spiro atoms. The molecule has 14 heteroatoms. The average Bonchev–Trinajstić information content (AvgIpc) is 2.98. The van der Waals surface area contributed by atoms with Gasteiger partial charge in [0.05, 0.1) is 12.3 Å². The van der Waals surface area contributed by atoms with Crippen molar-refractivity contribution in [2.45, 2.75) is 115 Å². The van der Waals surface area contributed by atoms with E-state index >= 15 is 0 Å². The van der Waals surface area contributed by atoms with E-state index in [4.69, 9.17) is 4.74 Å². The normalized spacial score (nSPS) is 13.7. The number of carbonyl (C=O) groups is 2. The van der Waals surface area contributed by atoms with E-state index < -0.39 is 47.4 Å². The fraction of sp³-hybridized carbons (Fsp3) is 0.576. The van der Waals surface area contributed by atoms with Gasteiger partial charge in [-0.3, -0.25) is 9.59 Å². The SMILES string of the molecule is CCC(C)(C)c1ccc(OCCCCCC(=O)Nc2ccc(NC(=O)C(F)(F)C(F)(F)C(F)C(F)(F)F)c(O)c2)c(C(C)(C)CC)c1. The summed E-state index contributed by atoms with van der Waals surface area (Å²) in [5, 5.41) is 13.6. The number of benzene rings is 2. The number of rotatable bonds is 16. The molecule has 0 fully saturated rings. The highest BCUT2D eigenvalue weighted by Crippen LogP contribution is 2.45. The molecule has 2 rings (SSSR count). The summed E-state index contributed by atoms with van der Waals surface area (Å²) in [6.45, 7) is 13.5. The third-order valence-corrected chi connectivity index (χ3v) is 8.40. The Morgan fingerprint density at radius 3 is 2.00 bits per heavy atom. The van der Waals surface area contributed by atoms with Gasteiger partial charge in [-0.2, -0.15) is 30.7 Å². The number of hydrogen-bond donors (Lipinski definition) is 3. The van der Waals surface area contributed by atoms with Crippen molar-refractivity contribution in [3.63, 3.8) is 0 Å². The minimum absolute atomic E-state index is 0.0242. The largest absolute Gasteiger partial charge is 0.506 e. The first kappa shape index (κ1) is 39.6. The van der Waals surface area contributed by atoms with Gasteiger partial charge in [0.2, 0.25) is 5.91 Å². The molecule has 1 unspecified atom stereocenters. The predicted octanol–water partition coefficient (Wildman–Crippen LogP) is 9.45. The van der Waals surface area contributed by atoms with Gasteiger partial charge >= 0.3 is 23.9 Å². The van der Waals surface area contributed by atoms with Crippen molar-refractivity contribution in [1.29, 1.82) is 0 Å². The molecule has 3 N–H and O–H groups in total. The van der Waals surface area contributed by atoms with Crippen LogP contribution in [-0.4, -0.2) is 47.7 Å². The lowest BCUT2D eigenvalue weighted by Gasteiger charge is -2.30. The summed E-state index contributed by atoms with van der Waals surface area (Å²) in [4.78, 5) is 24.0. The molecule has 0 bridgehead atoms. The summed E-state index contributed by atoms with van der Waals surface area (Å²) >= 11 is 0. The number of phenols is 1. The zero-order chi connectivity index (χ0) is 36.0. The van der Waals surface area contributed by atoms with Crippen LogP contribution < -0.4 is 15.4 Å². The highest BCUT2D eigenvalue weighted by molar-refractivity contribution is 5.99. The summed E-state index contributed by atoms with van der Waals surface area (Å²) in [6.07, 6.45) is -7.93. The predicted molar refractivity (Wildman–Crippen MR) is 163 cm³/mol. The van der Waals surface area contributed by atoms with E-state index in [9.17, 15) is 49.8 Å². The standard InChI is InChI=1S/C33H42F8N2O4/c1-7-29(3,4)20-13-16-25(22(18-20)30(5,6)8-2)47-17-11-9-10-12-26(45)42-21-14-15-23(24(44)19-21)43-28(46)32(37,38)31(35,36)27(34)33(39,40)41/h13-16,18-19,27,44H,7-12,17H2,1-6H3,(H,42,45)(H,43,46). The topological polar surface area (TPSA) is 87.7 Å². The number of halogens is 8. The van der Waals surface area contributed by atoms with Crippen LogP contribution in [0.25, 0.3) is 0 Å². The lowest BCUT2D eigenvalue weighted by Crippen LogP contribution is -2.58. The number of amides is 2. The Hall–Kier alpha value is -3.58. The van der Waals surface area contributed by atoms with E-state index in [0.717, 1.165) is 47.7 Å². The molecule has 47 heavy (non-hydrogen) atoms. The number of aromatic hydroxyl groups is 1. The van der Waals surface area contributed by atoms with Crippen LogP contribution in [-0.2, 0) is 20.4 Å². The second-order valence-electron chi connectivity index (χ2n) is 12.7. The first-order chi connectivity index (χ1) is 21.5. The second-order valence-corrected chi connectivity index (χ2v) is 12.7. The van der Waals surface area contributed by atoms with Crippen molar-refractivity contribution >= 4 is 23.2 Å². The summed E-state index contributed by atoms with van der Waals surface area (Å²) < 4.78 is 111. The summed E-state index contributed by atoms with van der Waals surface area (Å²) in [5.41, 5.74) is 1.36. The van der Waals surface area contributed by atoms with E-state index in [1.807, 2.05) is 6.07 Å². The third-order valence-electron chi connectivity index (χ3n) is 8.40. The van der Waals surface area contributed by atoms with Crippen molar-refractivity contribution in [1.82, 2.24) is 0 Å². The van der Waals surface area contributed by atoms with Gasteiger partial charge in [-0.25, -0.2) is 4.39 Å². The van der Waals surface area contributed by atoms with Gasteiger partial charge in [0, 0.05) is 23.7 Å². The smallest absolute Gasteiger partial charge is 0.425 e. The number of unbranched alkanes of at least 4 members (excludes halogenated alkanes) is 2. The van der Waals surface area contributed by atoms with Crippen molar-refractivity contribution in [2.75, 3.05) is 17.2 Å². The third kappa shape index (κ3) is 9.72. The minimum Gasteiger partial charge on any atom is -0.506 e. The average molecular weight is 683 g/mol. The van der Waals surface area contributed by atoms with E-state index in [2.05, 4.69) is 59.0 Å². The summed E-state index contributed by atoms with van der Waals surface area (Å²) in [5.74, 6) is -16.2. The van der Waals surface area contributed by atoms with Gasteiger partial charge < -0.3 is 20.5 Å². The molecule has 0 heterocycles. The molecule has 2 aromatic rings. The minimum atomic E-state index is -6.43. The Kier molecular flexibility index (Phi) is 12.7. The van der Waals surface area contributed by atoms with Crippen LogP contribution >= 0.6 is 0 Å². The first-order valence-electron chi connectivity index (χ1n) is 15.2. The number of phenolic OH excluding ortho intramolecular Hbond substituents is 1. The molecule has 1 atom stereocenters. The highest BCUT2D eigenvalue weighted by atomic mass is 19.4. The van der Waals surface area contributed by atoms with Gasteiger partial charge in [-0.15, -0.1) is 0 Å². The fourth-order valence-corrected chi connectivity index (χ4v) is 4.40. The van der Waals surface area contributed by atoms with Gasteiger partial charge in [0.15, 0.2) is 0 Å². The number of anilines is 2. The number of nitrogens with one attached hydrogen (secondary N) is 2. The molecule has 0 aliphatic carbocycles. The lowest BCUT2D eigenvalue weighted by atomic mass is 9.76. The molecule has 0 saturated heterocycles. The first-order valence-corrected chi connectivity index (χ1v) is 15.2. The van der Waals surface area contributed by atoms with Crippen LogP contribution in [0.4, 0.5) is 46.5 Å². The molecule has 0 radical (unpaired) electrons. The number of ether oxygens (including phenoxy) is 1. The van der Waals surface area contributed by atoms with Crippen LogP contribution in [0.5, 0.6) is 11.5 Å². The highest BCUT2D eigenvalue weighted by Gasteiger charge is 2.73. The maximum Gasteiger partial charge on any atom is 0.425 e. The second kappa shape index (κ2) is 15.1. The molecular formula is C33H42F8N2O4. The molecule has 6 nitrogen and oxygen atoms in total. The maximum absolute atomic E-state index is 13.8. The zero-order valence-corrected chi connectivity index (χ0v) is 27.2. The lowest BCUT2D eigenvalue weighted by molar-refractivity contribution is -0.295. The number of carbonyl (C=O) groups excluding carboxylic acids is 2. The van der Waals surface area contributed by atoms with Crippen LogP contribution in [0.1, 0.15) is 91.2 Å². The summed E-state index contributed by atoms with van der Waals surface area (Å²) in [7, 11) is 0. The van der Waals surface area contributed by atoms with E-state index in [0.29, 0.717) is 25.9 Å². The van der Waals surface area contributed by atoms with Crippen LogP contribution in [0.15, 0.2) is 36.4 Å². The van der Waals surface area contributed by atoms with Crippen molar-refractivity contribution in [3.8, 4) is 11.5 Å². The molecule has 2 amide bonds. The van der Waals surface area contributed by atoms with Gasteiger partial charge in [-0.1, -0.05) is 53.7 Å². The van der Waals surface area contributed by atoms with Crippen molar-refractivity contribution in [3.05, 3.63) is 47.5 Å². The van der Waals surface area contributed by atoms with E-state index in [1.165, 1.54) is 5.56 Å². The fourth-order valence-electron chi connectivity index (χ4n) is 4.40. The zero-order valence-electron chi connectivity index (χ0n) is 27.2. The van der Waals surface area contributed by atoms with Crippen LogP contribution in [0.2, 0.25) is 0 Å². The molecular weight excluding hydrogens is 640 g/mol. The molecule has 0 aliphatic rings.